The molecule has 2 aromatic rings. The number of aromatic nitrogens is 3. The molecule has 0 spiro atoms. The highest BCUT2D eigenvalue weighted by molar-refractivity contribution is 7.99. The molecule has 1 amide bonds. The maximum Gasteiger partial charge on any atom is 0.230 e. The average Bonchev–Trinajstić information content (AvgIpc) is 3.41. The molecular weight excluding hydrogens is 368 g/mol. The van der Waals surface area contributed by atoms with Crippen LogP contribution in [-0.2, 0) is 11.3 Å². The molecule has 1 N–H and O–H groups in total. The number of benzene rings is 1. The van der Waals surface area contributed by atoms with Gasteiger partial charge in [-0.2, -0.15) is 0 Å². The Morgan fingerprint density at radius 2 is 2.11 bits per heavy atom. The third kappa shape index (κ3) is 3.84. The number of amides is 1. The number of carbonyl (C=O) groups excluding carboxylic acids is 1. The van der Waals surface area contributed by atoms with Crippen molar-refractivity contribution >= 4 is 17.7 Å². The fraction of sp³-hybridized carbons (Fsp3) is 0.591. The van der Waals surface area contributed by atoms with Gasteiger partial charge in [0.1, 0.15) is 0 Å². The summed E-state index contributed by atoms with van der Waals surface area (Å²) in [5, 5.41) is 12.8. The molecule has 2 saturated carbocycles. The highest BCUT2D eigenvalue weighted by Crippen LogP contribution is 2.49. The lowest BCUT2D eigenvalue weighted by Crippen LogP contribution is -2.40. The Hall–Kier alpha value is -1.82. The summed E-state index contributed by atoms with van der Waals surface area (Å²) in [6, 6.07) is 8.48. The summed E-state index contributed by atoms with van der Waals surface area (Å²) in [5.41, 5.74) is 2.27. The molecule has 1 aromatic carbocycles. The summed E-state index contributed by atoms with van der Waals surface area (Å²) in [6.07, 6.45) is 5.42. The highest BCUT2D eigenvalue weighted by atomic mass is 32.2. The Morgan fingerprint density at radius 3 is 2.79 bits per heavy atom. The van der Waals surface area contributed by atoms with Crippen LogP contribution in [0.25, 0.3) is 11.4 Å². The minimum absolute atomic E-state index is 0.100. The summed E-state index contributed by atoms with van der Waals surface area (Å²) >= 11 is 1.48. The Morgan fingerprint density at radius 1 is 1.29 bits per heavy atom. The monoisotopic (exact) mass is 398 g/mol. The van der Waals surface area contributed by atoms with E-state index >= 15 is 0 Å². The van der Waals surface area contributed by atoms with Gasteiger partial charge in [0.2, 0.25) is 5.91 Å². The standard InChI is InChI=1S/C22H30N4OS/c1-4-26-21(18-8-6-5-7-14(18)2)24-25-22(26)28-13-20(27)23-15(3)19-12-16-9-10-17(19)11-16/h5-8,15-17,19H,4,9-13H2,1-3H3,(H,23,27). The van der Waals surface area contributed by atoms with Crippen LogP contribution in [0.1, 0.15) is 45.1 Å². The zero-order valence-corrected chi connectivity index (χ0v) is 17.8. The molecule has 1 heterocycles. The Kier molecular flexibility index (Phi) is 5.76. The third-order valence-electron chi connectivity index (χ3n) is 6.58. The van der Waals surface area contributed by atoms with E-state index in [1.807, 2.05) is 12.1 Å². The normalized spacial score (nSPS) is 24.5. The van der Waals surface area contributed by atoms with Crippen LogP contribution in [0.5, 0.6) is 0 Å². The third-order valence-corrected chi connectivity index (χ3v) is 7.54. The first kappa shape index (κ1) is 19.5. The van der Waals surface area contributed by atoms with Gasteiger partial charge in [0.15, 0.2) is 11.0 Å². The Labute approximate surface area is 171 Å². The van der Waals surface area contributed by atoms with Crippen molar-refractivity contribution in [3.63, 3.8) is 0 Å². The topological polar surface area (TPSA) is 59.8 Å². The predicted molar refractivity (Wildman–Crippen MR) is 113 cm³/mol. The van der Waals surface area contributed by atoms with Gasteiger partial charge in [-0.15, -0.1) is 10.2 Å². The SMILES string of the molecule is CCn1c(SCC(=O)NC(C)C2CC3CCC2C3)nnc1-c1ccccc1C. The van der Waals surface area contributed by atoms with Crippen molar-refractivity contribution in [2.24, 2.45) is 17.8 Å². The largest absolute Gasteiger partial charge is 0.353 e. The number of nitrogens with zero attached hydrogens (tertiary/aromatic N) is 3. The number of hydrogen-bond donors (Lipinski definition) is 1. The molecule has 28 heavy (non-hydrogen) atoms. The van der Waals surface area contributed by atoms with Gasteiger partial charge in [-0.05, 0) is 63.4 Å². The average molecular weight is 399 g/mol. The summed E-state index contributed by atoms with van der Waals surface area (Å²) in [4.78, 5) is 12.5. The first-order valence-electron chi connectivity index (χ1n) is 10.5. The van der Waals surface area contributed by atoms with Gasteiger partial charge < -0.3 is 9.88 Å². The molecule has 0 saturated heterocycles. The minimum atomic E-state index is 0.100. The fourth-order valence-electron chi connectivity index (χ4n) is 5.14. The van der Waals surface area contributed by atoms with Crippen LogP contribution in [0.4, 0.5) is 0 Å². The number of thioether (sulfide) groups is 1. The molecule has 2 bridgehead atoms. The maximum absolute atomic E-state index is 12.5. The lowest BCUT2D eigenvalue weighted by molar-refractivity contribution is -0.119. The molecule has 6 heteroatoms. The molecule has 2 fully saturated rings. The summed E-state index contributed by atoms with van der Waals surface area (Å²) in [6.45, 7) is 7.13. The van der Waals surface area contributed by atoms with Gasteiger partial charge in [-0.3, -0.25) is 4.79 Å². The van der Waals surface area contributed by atoms with Crippen molar-refractivity contribution in [1.29, 1.82) is 0 Å². The molecule has 5 nitrogen and oxygen atoms in total. The molecular formula is C22H30N4OS. The summed E-state index contributed by atoms with van der Waals surface area (Å²) < 4.78 is 2.10. The van der Waals surface area contributed by atoms with Crippen LogP contribution in [0, 0.1) is 24.7 Å². The van der Waals surface area contributed by atoms with Gasteiger partial charge in [0, 0.05) is 18.2 Å². The first-order valence-corrected chi connectivity index (χ1v) is 11.5. The van der Waals surface area contributed by atoms with Crippen molar-refractivity contribution in [2.75, 3.05) is 5.75 Å². The number of fused-ring (bicyclic) bond motifs is 2. The second-order valence-electron chi connectivity index (χ2n) is 8.35. The molecule has 4 rings (SSSR count). The van der Waals surface area contributed by atoms with Crippen molar-refractivity contribution in [3.8, 4) is 11.4 Å². The zero-order chi connectivity index (χ0) is 19.7. The van der Waals surface area contributed by atoms with E-state index in [4.69, 9.17) is 0 Å². The Bertz CT molecular complexity index is 849. The number of hydrogen-bond acceptors (Lipinski definition) is 4. The molecule has 2 aliphatic carbocycles. The predicted octanol–water partition coefficient (Wildman–Crippen LogP) is 4.31. The maximum atomic E-state index is 12.5. The van der Waals surface area contributed by atoms with Gasteiger partial charge >= 0.3 is 0 Å². The van der Waals surface area contributed by atoms with E-state index in [9.17, 15) is 4.79 Å². The van der Waals surface area contributed by atoms with Gasteiger partial charge in [0.05, 0.1) is 5.75 Å². The quantitative estimate of drug-likeness (QED) is 0.706. The second-order valence-corrected chi connectivity index (χ2v) is 9.29. The number of carbonyl (C=O) groups is 1. The van der Waals surface area contributed by atoms with Gasteiger partial charge in [-0.25, -0.2) is 0 Å². The van der Waals surface area contributed by atoms with E-state index in [0.717, 1.165) is 34.9 Å². The van der Waals surface area contributed by atoms with Gasteiger partial charge in [0.25, 0.3) is 0 Å². The molecule has 2 aliphatic rings. The van der Waals surface area contributed by atoms with Crippen LogP contribution in [0.3, 0.4) is 0 Å². The molecule has 0 aliphatic heterocycles. The van der Waals surface area contributed by atoms with Gasteiger partial charge in [-0.1, -0.05) is 42.4 Å². The zero-order valence-electron chi connectivity index (χ0n) is 17.0. The molecule has 4 atom stereocenters. The summed E-state index contributed by atoms with van der Waals surface area (Å²) in [7, 11) is 0. The van der Waals surface area contributed by atoms with E-state index in [-0.39, 0.29) is 11.9 Å². The van der Waals surface area contributed by atoms with Crippen molar-refractivity contribution < 1.29 is 4.79 Å². The lowest BCUT2D eigenvalue weighted by atomic mass is 9.84. The lowest BCUT2D eigenvalue weighted by Gasteiger charge is -2.28. The van der Waals surface area contributed by atoms with Crippen LogP contribution in [-0.4, -0.2) is 32.5 Å². The van der Waals surface area contributed by atoms with Crippen LogP contribution < -0.4 is 5.32 Å². The van der Waals surface area contributed by atoms with E-state index in [0.29, 0.717) is 11.7 Å². The van der Waals surface area contributed by atoms with Crippen LogP contribution in [0.15, 0.2) is 29.4 Å². The van der Waals surface area contributed by atoms with Crippen molar-refractivity contribution in [2.45, 2.75) is 64.2 Å². The van der Waals surface area contributed by atoms with E-state index in [1.165, 1.54) is 43.0 Å². The van der Waals surface area contributed by atoms with Crippen LogP contribution >= 0.6 is 11.8 Å². The van der Waals surface area contributed by atoms with Crippen molar-refractivity contribution in [1.82, 2.24) is 20.1 Å². The number of nitrogens with one attached hydrogen (secondary N) is 1. The van der Waals surface area contributed by atoms with Crippen LogP contribution in [0.2, 0.25) is 0 Å². The smallest absolute Gasteiger partial charge is 0.230 e. The van der Waals surface area contributed by atoms with E-state index < -0.39 is 0 Å². The molecule has 150 valence electrons. The first-order chi connectivity index (χ1) is 13.6. The Balaban J connectivity index is 1.37. The van der Waals surface area contributed by atoms with E-state index in [1.54, 1.807) is 0 Å². The second kappa shape index (κ2) is 8.27. The van der Waals surface area contributed by atoms with E-state index in [2.05, 4.69) is 53.0 Å². The number of rotatable bonds is 7. The molecule has 4 unspecified atom stereocenters. The molecule has 0 radical (unpaired) electrons. The minimum Gasteiger partial charge on any atom is -0.353 e. The van der Waals surface area contributed by atoms with Crippen molar-refractivity contribution in [3.05, 3.63) is 29.8 Å². The molecule has 1 aromatic heterocycles. The number of aryl methyl sites for hydroxylation is 1. The fourth-order valence-corrected chi connectivity index (χ4v) is 5.96. The highest BCUT2D eigenvalue weighted by Gasteiger charge is 2.42. The summed E-state index contributed by atoms with van der Waals surface area (Å²) in [5.74, 6) is 3.76.